The molecule has 3 unspecified atom stereocenters. The van der Waals surface area contributed by atoms with Gasteiger partial charge in [-0.2, -0.15) is 0 Å². The second-order valence-corrected chi connectivity index (χ2v) is 5.95. The van der Waals surface area contributed by atoms with Gasteiger partial charge in [-0.1, -0.05) is 6.42 Å². The Bertz CT molecular complexity index is 298. The summed E-state index contributed by atoms with van der Waals surface area (Å²) in [4.78, 5) is 13.7. The number of carbonyl (C=O) groups is 1. The van der Waals surface area contributed by atoms with Crippen LogP contribution < -0.4 is 0 Å². The van der Waals surface area contributed by atoms with E-state index in [9.17, 15) is 9.90 Å². The van der Waals surface area contributed by atoms with Crippen LogP contribution in [0.15, 0.2) is 0 Å². The van der Waals surface area contributed by atoms with Gasteiger partial charge in [0.2, 0.25) is 0 Å². The van der Waals surface area contributed by atoms with Gasteiger partial charge >= 0.3 is 5.97 Å². The Labute approximate surface area is 96.8 Å². The van der Waals surface area contributed by atoms with Gasteiger partial charge < -0.3 is 5.11 Å². The largest absolute Gasteiger partial charge is 0.481 e. The van der Waals surface area contributed by atoms with Crippen LogP contribution >= 0.6 is 0 Å². The zero-order chi connectivity index (χ0) is 11.2. The maximum absolute atomic E-state index is 11.2. The fraction of sp³-hybridized carbons (Fsp3) is 0.923. The minimum absolute atomic E-state index is 0.0469. The fourth-order valence-electron chi connectivity index (χ4n) is 4.55. The van der Waals surface area contributed by atoms with E-state index in [1.807, 2.05) is 0 Å². The van der Waals surface area contributed by atoms with Gasteiger partial charge in [0.05, 0.1) is 6.42 Å². The zero-order valence-electron chi connectivity index (χ0n) is 9.82. The maximum Gasteiger partial charge on any atom is 0.305 e. The molecule has 0 amide bonds. The van der Waals surface area contributed by atoms with Gasteiger partial charge in [-0.15, -0.1) is 0 Å². The van der Waals surface area contributed by atoms with Crippen molar-refractivity contribution in [2.24, 2.45) is 11.8 Å². The third-order valence-corrected chi connectivity index (χ3v) is 5.14. The molecule has 1 aliphatic heterocycles. The normalized spacial score (nSPS) is 43.0. The summed E-state index contributed by atoms with van der Waals surface area (Å²) in [6.07, 6.45) is 7.98. The van der Waals surface area contributed by atoms with Gasteiger partial charge in [-0.25, -0.2) is 0 Å². The molecule has 3 aliphatic rings. The van der Waals surface area contributed by atoms with E-state index in [0.29, 0.717) is 12.3 Å². The van der Waals surface area contributed by atoms with Crippen LogP contribution in [-0.2, 0) is 4.79 Å². The lowest BCUT2D eigenvalue weighted by Crippen LogP contribution is -2.52. The molecule has 1 N–H and O–H groups in total. The van der Waals surface area contributed by atoms with Gasteiger partial charge in [0.25, 0.3) is 0 Å². The van der Waals surface area contributed by atoms with Gasteiger partial charge in [-0.05, 0) is 57.0 Å². The highest BCUT2D eigenvalue weighted by molar-refractivity contribution is 5.68. The lowest BCUT2D eigenvalue weighted by Gasteiger charge is -2.44. The van der Waals surface area contributed by atoms with Gasteiger partial charge in [0, 0.05) is 5.54 Å². The molecule has 0 aromatic heterocycles. The van der Waals surface area contributed by atoms with Crippen LogP contribution in [-0.4, -0.2) is 34.6 Å². The summed E-state index contributed by atoms with van der Waals surface area (Å²) in [6.45, 7) is 2.27. The molecule has 1 heterocycles. The van der Waals surface area contributed by atoms with Crippen molar-refractivity contribution in [1.82, 2.24) is 4.90 Å². The molecule has 3 nitrogen and oxygen atoms in total. The number of aliphatic carboxylic acids is 1. The molecule has 90 valence electrons. The first kappa shape index (κ1) is 10.6. The molecule has 0 aromatic rings. The summed E-state index contributed by atoms with van der Waals surface area (Å²) in [5.41, 5.74) is 0.0469. The molecule has 2 bridgehead atoms. The molecular weight excluding hydrogens is 202 g/mol. The lowest BCUT2D eigenvalue weighted by molar-refractivity contribution is -0.141. The smallest absolute Gasteiger partial charge is 0.305 e. The molecule has 3 atom stereocenters. The topological polar surface area (TPSA) is 40.5 Å². The molecular formula is C13H21NO2. The number of carboxylic acid groups (broad SMARTS) is 1. The van der Waals surface area contributed by atoms with E-state index in [1.165, 1.54) is 32.1 Å². The summed E-state index contributed by atoms with van der Waals surface area (Å²) < 4.78 is 0. The highest BCUT2D eigenvalue weighted by Gasteiger charge is 2.55. The predicted octanol–water partition coefficient (Wildman–Crippen LogP) is 2.12. The zero-order valence-corrected chi connectivity index (χ0v) is 9.82. The lowest BCUT2D eigenvalue weighted by atomic mass is 9.77. The third kappa shape index (κ3) is 1.48. The SMILES string of the molecule is O=C(O)CC1(N2CCCC2)CC2CCC1C2. The first-order valence-corrected chi connectivity index (χ1v) is 6.67. The van der Waals surface area contributed by atoms with Crippen molar-refractivity contribution < 1.29 is 9.90 Å². The second-order valence-electron chi connectivity index (χ2n) is 5.95. The van der Waals surface area contributed by atoms with Crippen molar-refractivity contribution in [3.05, 3.63) is 0 Å². The van der Waals surface area contributed by atoms with Gasteiger partial charge in [-0.3, -0.25) is 9.69 Å². The van der Waals surface area contributed by atoms with E-state index in [2.05, 4.69) is 4.90 Å². The number of rotatable bonds is 3. The van der Waals surface area contributed by atoms with Crippen molar-refractivity contribution in [2.45, 2.75) is 50.5 Å². The quantitative estimate of drug-likeness (QED) is 0.796. The molecule has 1 saturated heterocycles. The standard InChI is InChI=1S/C13H21NO2/c15-12(16)9-13(14-5-1-2-6-14)8-10-3-4-11(13)7-10/h10-11H,1-9H2,(H,15,16). The Morgan fingerprint density at radius 2 is 2.06 bits per heavy atom. The Kier molecular flexibility index (Phi) is 2.46. The molecule has 3 heteroatoms. The Balaban J connectivity index is 1.85. The summed E-state index contributed by atoms with van der Waals surface area (Å²) >= 11 is 0. The van der Waals surface area contributed by atoms with Crippen LogP contribution in [0.4, 0.5) is 0 Å². The van der Waals surface area contributed by atoms with E-state index in [0.717, 1.165) is 25.4 Å². The van der Waals surface area contributed by atoms with Crippen LogP contribution in [0.2, 0.25) is 0 Å². The molecule has 0 aromatic carbocycles. The summed E-state index contributed by atoms with van der Waals surface area (Å²) in [5, 5.41) is 9.20. The molecule has 2 saturated carbocycles. The van der Waals surface area contributed by atoms with Crippen LogP contribution in [0.5, 0.6) is 0 Å². The van der Waals surface area contributed by atoms with E-state index in [-0.39, 0.29) is 5.54 Å². The molecule has 16 heavy (non-hydrogen) atoms. The predicted molar refractivity (Wildman–Crippen MR) is 61.2 cm³/mol. The highest BCUT2D eigenvalue weighted by Crippen LogP contribution is 2.55. The third-order valence-electron chi connectivity index (χ3n) is 5.14. The van der Waals surface area contributed by atoms with Crippen molar-refractivity contribution >= 4 is 5.97 Å². The highest BCUT2D eigenvalue weighted by atomic mass is 16.4. The van der Waals surface area contributed by atoms with E-state index < -0.39 is 5.97 Å². The number of carboxylic acids is 1. The first-order valence-electron chi connectivity index (χ1n) is 6.67. The van der Waals surface area contributed by atoms with Crippen LogP contribution in [0.1, 0.15) is 44.9 Å². The van der Waals surface area contributed by atoms with Gasteiger partial charge in [0.15, 0.2) is 0 Å². The molecule has 3 rings (SSSR count). The second kappa shape index (κ2) is 3.73. The molecule has 0 spiro atoms. The van der Waals surface area contributed by atoms with E-state index in [4.69, 9.17) is 0 Å². The minimum Gasteiger partial charge on any atom is -0.481 e. The van der Waals surface area contributed by atoms with Crippen molar-refractivity contribution in [3.8, 4) is 0 Å². The summed E-state index contributed by atoms with van der Waals surface area (Å²) in [6, 6.07) is 0. The van der Waals surface area contributed by atoms with E-state index >= 15 is 0 Å². The number of nitrogens with zero attached hydrogens (tertiary/aromatic N) is 1. The number of hydrogen-bond donors (Lipinski definition) is 1. The number of likely N-dealkylation sites (tertiary alicyclic amines) is 1. The van der Waals surface area contributed by atoms with Crippen molar-refractivity contribution in [3.63, 3.8) is 0 Å². The Morgan fingerprint density at radius 1 is 1.31 bits per heavy atom. The summed E-state index contributed by atoms with van der Waals surface area (Å²) in [5.74, 6) is 0.899. The van der Waals surface area contributed by atoms with E-state index in [1.54, 1.807) is 0 Å². The van der Waals surface area contributed by atoms with Crippen LogP contribution in [0.25, 0.3) is 0 Å². The van der Waals surface area contributed by atoms with Crippen molar-refractivity contribution in [2.75, 3.05) is 13.1 Å². The fourth-order valence-corrected chi connectivity index (χ4v) is 4.55. The Hall–Kier alpha value is -0.570. The molecule has 0 radical (unpaired) electrons. The monoisotopic (exact) mass is 223 g/mol. The number of fused-ring (bicyclic) bond motifs is 2. The van der Waals surface area contributed by atoms with Gasteiger partial charge in [0.1, 0.15) is 0 Å². The first-order chi connectivity index (χ1) is 7.71. The maximum atomic E-state index is 11.2. The average Bonchev–Trinajstić information content (AvgIpc) is 2.93. The number of hydrogen-bond acceptors (Lipinski definition) is 2. The van der Waals surface area contributed by atoms with Crippen LogP contribution in [0, 0.1) is 11.8 Å². The average molecular weight is 223 g/mol. The summed E-state index contributed by atoms with van der Waals surface area (Å²) in [7, 11) is 0. The minimum atomic E-state index is -0.598. The van der Waals surface area contributed by atoms with Crippen LogP contribution in [0.3, 0.4) is 0 Å². The van der Waals surface area contributed by atoms with Crippen molar-refractivity contribution in [1.29, 1.82) is 0 Å². The molecule has 2 aliphatic carbocycles. The molecule has 3 fully saturated rings. The Morgan fingerprint density at radius 3 is 2.56 bits per heavy atom.